The topological polar surface area (TPSA) is 52.6 Å². The summed E-state index contributed by atoms with van der Waals surface area (Å²) in [7, 11) is 0. The maximum absolute atomic E-state index is 11.8. The number of carbonyl (C=O) groups excluding carboxylic acids is 2. The van der Waals surface area contributed by atoms with Crippen LogP contribution in [-0.4, -0.2) is 30.5 Å². The first-order valence-corrected chi connectivity index (χ1v) is 10.7. The highest BCUT2D eigenvalue weighted by Gasteiger charge is 2.28. The van der Waals surface area contributed by atoms with Crippen LogP contribution in [0.1, 0.15) is 84.5 Å². The Labute approximate surface area is 156 Å². The lowest BCUT2D eigenvalue weighted by atomic mass is 10.00. The standard InChI is InChI=1S/C19H35BrO4/c1-3-23-18(21)17(19(22)24-4-2)15-13-11-9-7-5-6-8-10-12-14-16-20/h17H,3-16H2,1-2H3. The van der Waals surface area contributed by atoms with Crippen molar-refractivity contribution in [3.63, 3.8) is 0 Å². The van der Waals surface area contributed by atoms with Gasteiger partial charge < -0.3 is 9.47 Å². The monoisotopic (exact) mass is 406 g/mol. The third-order valence-electron chi connectivity index (χ3n) is 4.02. The van der Waals surface area contributed by atoms with Crippen molar-refractivity contribution in [1.82, 2.24) is 0 Å². The molecule has 24 heavy (non-hydrogen) atoms. The zero-order valence-electron chi connectivity index (χ0n) is 15.5. The van der Waals surface area contributed by atoms with Gasteiger partial charge in [0.2, 0.25) is 0 Å². The summed E-state index contributed by atoms with van der Waals surface area (Å²) < 4.78 is 9.96. The second kappa shape index (κ2) is 17.2. The summed E-state index contributed by atoms with van der Waals surface area (Å²) >= 11 is 3.45. The Morgan fingerprint density at radius 1 is 0.708 bits per heavy atom. The minimum absolute atomic E-state index is 0.296. The third-order valence-corrected chi connectivity index (χ3v) is 4.58. The number of hydrogen-bond donors (Lipinski definition) is 0. The van der Waals surface area contributed by atoms with Crippen LogP contribution in [0.4, 0.5) is 0 Å². The number of esters is 2. The van der Waals surface area contributed by atoms with Gasteiger partial charge in [0.15, 0.2) is 5.92 Å². The summed E-state index contributed by atoms with van der Waals surface area (Å²) in [5.74, 6) is -1.64. The van der Waals surface area contributed by atoms with Crippen LogP contribution in [-0.2, 0) is 19.1 Å². The first-order chi connectivity index (χ1) is 11.7. The first kappa shape index (κ1) is 23.4. The van der Waals surface area contributed by atoms with Gasteiger partial charge in [-0.05, 0) is 26.7 Å². The van der Waals surface area contributed by atoms with Crippen LogP contribution < -0.4 is 0 Å². The highest BCUT2D eigenvalue weighted by atomic mass is 79.9. The highest BCUT2D eigenvalue weighted by molar-refractivity contribution is 9.09. The average molecular weight is 407 g/mol. The van der Waals surface area contributed by atoms with Gasteiger partial charge in [0.1, 0.15) is 0 Å². The molecular formula is C19H35BrO4. The Kier molecular flexibility index (Phi) is 16.8. The molecule has 5 heteroatoms. The van der Waals surface area contributed by atoms with E-state index in [1.54, 1.807) is 13.8 Å². The SMILES string of the molecule is CCOC(=O)C(CCCCCCCCCCCCBr)C(=O)OCC. The lowest BCUT2D eigenvalue weighted by Gasteiger charge is -2.14. The molecule has 142 valence electrons. The van der Waals surface area contributed by atoms with Crippen molar-refractivity contribution in [2.75, 3.05) is 18.5 Å². The van der Waals surface area contributed by atoms with Crippen molar-refractivity contribution in [2.24, 2.45) is 5.92 Å². The molecule has 0 bridgehead atoms. The number of ether oxygens (including phenoxy) is 2. The van der Waals surface area contributed by atoms with E-state index in [0.717, 1.165) is 18.2 Å². The van der Waals surface area contributed by atoms with Crippen LogP contribution >= 0.6 is 15.9 Å². The van der Waals surface area contributed by atoms with Crippen molar-refractivity contribution >= 4 is 27.9 Å². The number of rotatable bonds is 16. The Hall–Kier alpha value is -0.580. The van der Waals surface area contributed by atoms with Crippen molar-refractivity contribution < 1.29 is 19.1 Å². The molecule has 0 heterocycles. The molecule has 0 aliphatic carbocycles. The van der Waals surface area contributed by atoms with Crippen LogP contribution in [0.5, 0.6) is 0 Å². The van der Waals surface area contributed by atoms with Gasteiger partial charge in [0.05, 0.1) is 13.2 Å². The van der Waals surface area contributed by atoms with Gasteiger partial charge in [0, 0.05) is 5.33 Å². The molecule has 0 fully saturated rings. The van der Waals surface area contributed by atoms with E-state index in [1.807, 2.05) is 0 Å². The average Bonchev–Trinajstić information content (AvgIpc) is 2.56. The minimum Gasteiger partial charge on any atom is -0.465 e. The Morgan fingerprint density at radius 3 is 1.46 bits per heavy atom. The van der Waals surface area contributed by atoms with Crippen LogP contribution in [0.25, 0.3) is 0 Å². The van der Waals surface area contributed by atoms with E-state index in [2.05, 4.69) is 15.9 Å². The molecular weight excluding hydrogens is 372 g/mol. The normalized spacial score (nSPS) is 10.8. The van der Waals surface area contributed by atoms with E-state index < -0.39 is 17.9 Å². The molecule has 4 nitrogen and oxygen atoms in total. The van der Waals surface area contributed by atoms with E-state index in [1.165, 1.54) is 51.4 Å². The van der Waals surface area contributed by atoms with E-state index in [9.17, 15) is 9.59 Å². The van der Waals surface area contributed by atoms with Gasteiger partial charge in [0.25, 0.3) is 0 Å². The zero-order valence-corrected chi connectivity index (χ0v) is 17.1. The van der Waals surface area contributed by atoms with Gasteiger partial charge in [-0.25, -0.2) is 0 Å². The fraction of sp³-hybridized carbons (Fsp3) is 0.895. The summed E-state index contributed by atoms with van der Waals surface area (Å²) in [5, 5.41) is 1.12. The Morgan fingerprint density at radius 2 is 1.08 bits per heavy atom. The van der Waals surface area contributed by atoms with Crippen LogP contribution in [0.3, 0.4) is 0 Å². The smallest absolute Gasteiger partial charge is 0.320 e. The number of alkyl halides is 1. The molecule has 0 spiro atoms. The Bertz CT molecular complexity index is 302. The molecule has 0 saturated carbocycles. The Balaban J connectivity index is 3.72. The van der Waals surface area contributed by atoms with Crippen LogP contribution in [0.15, 0.2) is 0 Å². The molecule has 0 unspecified atom stereocenters. The number of halogens is 1. The molecule has 0 aromatic carbocycles. The molecule has 0 aromatic heterocycles. The van der Waals surface area contributed by atoms with E-state index in [0.29, 0.717) is 19.6 Å². The molecule has 0 saturated heterocycles. The lowest BCUT2D eigenvalue weighted by Crippen LogP contribution is -2.28. The van der Waals surface area contributed by atoms with Gasteiger partial charge in [-0.2, -0.15) is 0 Å². The number of carbonyl (C=O) groups is 2. The predicted molar refractivity (Wildman–Crippen MR) is 101 cm³/mol. The summed E-state index contributed by atoms with van der Waals surface area (Å²) in [6.07, 6.45) is 12.7. The largest absolute Gasteiger partial charge is 0.465 e. The first-order valence-electron chi connectivity index (χ1n) is 9.56. The van der Waals surface area contributed by atoms with Crippen LogP contribution in [0, 0.1) is 5.92 Å². The molecule has 0 amide bonds. The molecule has 0 aromatic rings. The lowest BCUT2D eigenvalue weighted by molar-refractivity contribution is -0.161. The van der Waals surface area contributed by atoms with Crippen molar-refractivity contribution in [2.45, 2.75) is 84.5 Å². The zero-order chi connectivity index (χ0) is 18.0. The van der Waals surface area contributed by atoms with E-state index in [4.69, 9.17) is 9.47 Å². The minimum atomic E-state index is -0.751. The maximum Gasteiger partial charge on any atom is 0.320 e. The molecule has 0 radical (unpaired) electrons. The van der Waals surface area contributed by atoms with Gasteiger partial charge in [-0.15, -0.1) is 0 Å². The van der Waals surface area contributed by atoms with Gasteiger partial charge in [-0.1, -0.05) is 73.7 Å². The molecule has 0 atom stereocenters. The second-order valence-corrected chi connectivity index (χ2v) is 6.86. The van der Waals surface area contributed by atoms with E-state index in [-0.39, 0.29) is 0 Å². The fourth-order valence-corrected chi connectivity index (χ4v) is 3.07. The van der Waals surface area contributed by atoms with Crippen LogP contribution in [0.2, 0.25) is 0 Å². The summed E-state index contributed by atoms with van der Waals surface area (Å²) in [4.78, 5) is 23.7. The van der Waals surface area contributed by atoms with E-state index >= 15 is 0 Å². The second-order valence-electron chi connectivity index (χ2n) is 6.07. The summed E-state index contributed by atoms with van der Waals surface area (Å²) in [6, 6.07) is 0. The highest BCUT2D eigenvalue weighted by Crippen LogP contribution is 2.16. The number of unbranched alkanes of at least 4 members (excludes halogenated alkanes) is 9. The van der Waals surface area contributed by atoms with Gasteiger partial charge >= 0.3 is 11.9 Å². The number of hydrogen-bond acceptors (Lipinski definition) is 4. The van der Waals surface area contributed by atoms with Gasteiger partial charge in [-0.3, -0.25) is 9.59 Å². The molecule has 0 aliphatic heterocycles. The summed E-state index contributed by atoms with van der Waals surface area (Å²) in [5.41, 5.74) is 0. The predicted octanol–water partition coefficient (Wildman–Crippen LogP) is 5.41. The third kappa shape index (κ3) is 12.8. The molecule has 0 N–H and O–H groups in total. The van der Waals surface area contributed by atoms with Crippen molar-refractivity contribution in [1.29, 1.82) is 0 Å². The fourth-order valence-electron chi connectivity index (χ4n) is 2.67. The summed E-state index contributed by atoms with van der Waals surface area (Å²) in [6.45, 7) is 4.09. The van der Waals surface area contributed by atoms with Crippen molar-refractivity contribution in [3.05, 3.63) is 0 Å². The maximum atomic E-state index is 11.8. The van der Waals surface area contributed by atoms with Crippen molar-refractivity contribution in [3.8, 4) is 0 Å². The molecule has 0 aliphatic rings. The molecule has 0 rings (SSSR count). The quantitative estimate of drug-likeness (QED) is 0.148.